The van der Waals surface area contributed by atoms with Crippen molar-refractivity contribution in [1.29, 1.82) is 0 Å². The second-order valence-corrected chi connectivity index (χ2v) is 3.85. The van der Waals surface area contributed by atoms with Crippen LogP contribution < -0.4 is 0 Å². The predicted molar refractivity (Wildman–Crippen MR) is 54.7 cm³/mol. The van der Waals surface area contributed by atoms with E-state index in [0.717, 1.165) is 28.6 Å². The van der Waals surface area contributed by atoms with Crippen molar-refractivity contribution in [2.75, 3.05) is 0 Å². The lowest BCUT2D eigenvalue weighted by Gasteiger charge is -2.08. The second kappa shape index (κ2) is 4.05. The molecule has 0 aromatic carbocycles. The van der Waals surface area contributed by atoms with Crippen LogP contribution in [0.2, 0.25) is 0 Å². The summed E-state index contributed by atoms with van der Waals surface area (Å²) in [6.07, 6.45) is 1.78. The molecule has 0 aliphatic rings. The first-order valence-corrected chi connectivity index (χ1v) is 5.05. The number of hydrogen-bond acceptors (Lipinski definition) is 2. The first-order valence-electron chi connectivity index (χ1n) is 4.26. The third-order valence-corrected chi connectivity index (χ3v) is 3.13. The van der Waals surface area contributed by atoms with Crippen LogP contribution in [0.15, 0.2) is 4.47 Å². The van der Waals surface area contributed by atoms with Crippen LogP contribution in [0.1, 0.15) is 30.7 Å². The summed E-state index contributed by atoms with van der Waals surface area (Å²) < 4.78 is 2.72. The Morgan fingerprint density at radius 2 is 2.31 bits per heavy atom. The normalized spacial score (nSPS) is 12.9. The molecule has 0 radical (unpaired) electrons. The van der Waals surface area contributed by atoms with Crippen LogP contribution in [0.25, 0.3) is 0 Å². The summed E-state index contributed by atoms with van der Waals surface area (Å²) in [7, 11) is 1.86. The number of nitrogens with zero attached hydrogens (tertiary/aromatic N) is 2. The van der Waals surface area contributed by atoms with E-state index in [1.165, 1.54) is 0 Å². The van der Waals surface area contributed by atoms with Gasteiger partial charge in [0.15, 0.2) is 0 Å². The largest absolute Gasteiger partial charge is 0.303 e. The Labute approximate surface area is 86.3 Å². The van der Waals surface area contributed by atoms with Crippen LogP contribution in [-0.4, -0.2) is 16.1 Å². The molecule has 13 heavy (non-hydrogen) atoms. The van der Waals surface area contributed by atoms with Gasteiger partial charge in [-0.3, -0.25) is 4.68 Å². The zero-order chi connectivity index (χ0) is 10.0. The van der Waals surface area contributed by atoms with E-state index < -0.39 is 0 Å². The van der Waals surface area contributed by atoms with Gasteiger partial charge in [-0.05, 0) is 29.3 Å². The summed E-state index contributed by atoms with van der Waals surface area (Å²) in [4.78, 5) is 10.8. The maximum Gasteiger partial charge on any atom is 0.129 e. The molecule has 0 aliphatic carbocycles. The molecule has 0 saturated carbocycles. The second-order valence-electron chi connectivity index (χ2n) is 3.06. The van der Waals surface area contributed by atoms with Crippen LogP contribution in [0, 0.1) is 6.92 Å². The van der Waals surface area contributed by atoms with Gasteiger partial charge in [0.05, 0.1) is 21.8 Å². The van der Waals surface area contributed by atoms with Gasteiger partial charge >= 0.3 is 0 Å². The van der Waals surface area contributed by atoms with Gasteiger partial charge in [0.1, 0.15) is 6.29 Å². The summed E-state index contributed by atoms with van der Waals surface area (Å²) in [5.41, 5.74) is 1.90. The number of aromatic nitrogens is 2. The third kappa shape index (κ3) is 1.82. The Morgan fingerprint density at radius 3 is 2.62 bits per heavy atom. The highest BCUT2D eigenvalue weighted by Gasteiger charge is 2.18. The number of hydrogen-bond donors (Lipinski definition) is 0. The number of carbonyl (C=O) groups excluding carboxylic acids is 1. The Balaban J connectivity index is 3.18. The lowest BCUT2D eigenvalue weighted by molar-refractivity contribution is -0.109. The zero-order valence-corrected chi connectivity index (χ0v) is 9.63. The first kappa shape index (κ1) is 10.4. The van der Waals surface area contributed by atoms with Crippen molar-refractivity contribution in [2.45, 2.75) is 26.2 Å². The molecule has 1 unspecified atom stereocenters. The molecule has 0 amide bonds. The molecule has 0 saturated heterocycles. The van der Waals surface area contributed by atoms with Gasteiger partial charge in [0, 0.05) is 7.05 Å². The SMILES string of the molecule is CCC(C=O)c1c(Br)c(C)nn1C. The summed E-state index contributed by atoms with van der Waals surface area (Å²) in [6, 6.07) is 0. The van der Waals surface area contributed by atoms with E-state index >= 15 is 0 Å². The molecule has 0 fully saturated rings. The molecule has 0 N–H and O–H groups in total. The maximum atomic E-state index is 10.8. The molecule has 4 heteroatoms. The van der Waals surface area contributed by atoms with Crippen LogP contribution in [0.5, 0.6) is 0 Å². The van der Waals surface area contributed by atoms with Gasteiger partial charge in [0.25, 0.3) is 0 Å². The summed E-state index contributed by atoms with van der Waals surface area (Å²) in [5, 5.41) is 4.24. The van der Waals surface area contributed by atoms with Gasteiger partial charge in [-0.15, -0.1) is 0 Å². The van der Waals surface area contributed by atoms with Gasteiger partial charge in [-0.25, -0.2) is 0 Å². The topological polar surface area (TPSA) is 34.9 Å². The van der Waals surface area contributed by atoms with Gasteiger partial charge in [0.2, 0.25) is 0 Å². The minimum atomic E-state index is -0.0550. The Morgan fingerprint density at radius 1 is 1.69 bits per heavy atom. The summed E-state index contributed by atoms with van der Waals surface area (Å²) in [6.45, 7) is 3.92. The summed E-state index contributed by atoms with van der Waals surface area (Å²) >= 11 is 3.44. The molecule has 0 bridgehead atoms. The number of rotatable bonds is 3. The molecule has 72 valence electrons. The van der Waals surface area contributed by atoms with E-state index in [1.54, 1.807) is 4.68 Å². The van der Waals surface area contributed by atoms with Crippen LogP contribution in [0.4, 0.5) is 0 Å². The van der Waals surface area contributed by atoms with Gasteiger partial charge in [-0.2, -0.15) is 5.10 Å². The molecule has 1 rings (SSSR count). The number of halogens is 1. The molecule has 1 aromatic rings. The minimum Gasteiger partial charge on any atom is -0.303 e. The van der Waals surface area contributed by atoms with E-state index in [0.29, 0.717) is 0 Å². The summed E-state index contributed by atoms with van der Waals surface area (Å²) in [5.74, 6) is -0.0550. The molecule has 0 spiro atoms. The van der Waals surface area contributed by atoms with Gasteiger partial charge in [-0.1, -0.05) is 6.92 Å². The zero-order valence-electron chi connectivity index (χ0n) is 8.04. The van der Waals surface area contributed by atoms with Crippen LogP contribution in [-0.2, 0) is 11.8 Å². The van der Waals surface area contributed by atoms with E-state index in [4.69, 9.17) is 0 Å². The van der Waals surface area contributed by atoms with E-state index in [9.17, 15) is 4.79 Å². The number of aryl methyl sites for hydroxylation is 2. The molecular weight excluding hydrogens is 232 g/mol. The fraction of sp³-hybridized carbons (Fsp3) is 0.556. The fourth-order valence-electron chi connectivity index (χ4n) is 1.41. The van der Waals surface area contributed by atoms with E-state index in [1.807, 2.05) is 20.9 Å². The third-order valence-electron chi connectivity index (χ3n) is 2.15. The average Bonchev–Trinajstić information content (AvgIpc) is 2.34. The van der Waals surface area contributed by atoms with Crippen molar-refractivity contribution in [2.24, 2.45) is 7.05 Å². The predicted octanol–water partition coefficient (Wildman–Crippen LogP) is 2.18. The lowest BCUT2D eigenvalue weighted by Crippen LogP contribution is -2.06. The molecule has 1 aromatic heterocycles. The van der Waals surface area contributed by atoms with Crippen molar-refractivity contribution >= 4 is 22.2 Å². The van der Waals surface area contributed by atoms with Crippen molar-refractivity contribution in [1.82, 2.24) is 9.78 Å². The maximum absolute atomic E-state index is 10.8. The van der Waals surface area contributed by atoms with Crippen molar-refractivity contribution < 1.29 is 4.79 Å². The first-order chi connectivity index (χ1) is 6.11. The van der Waals surface area contributed by atoms with E-state index in [2.05, 4.69) is 21.0 Å². The van der Waals surface area contributed by atoms with E-state index in [-0.39, 0.29) is 5.92 Å². The quantitative estimate of drug-likeness (QED) is 0.765. The Hall–Kier alpha value is -0.640. The monoisotopic (exact) mass is 244 g/mol. The van der Waals surface area contributed by atoms with Gasteiger partial charge < -0.3 is 4.79 Å². The highest BCUT2D eigenvalue weighted by Crippen LogP contribution is 2.27. The smallest absolute Gasteiger partial charge is 0.129 e. The number of aldehydes is 1. The molecule has 3 nitrogen and oxygen atoms in total. The highest BCUT2D eigenvalue weighted by atomic mass is 79.9. The van der Waals surface area contributed by atoms with Crippen molar-refractivity contribution in [3.05, 3.63) is 15.9 Å². The molecular formula is C9H13BrN2O. The molecule has 1 atom stereocenters. The number of carbonyl (C=O) groups is 1. The fourth-order valence-corrected chi connectivity index (χ4v) is 2.04. The standard InChI is InChI=1S/C9H13BrN2O/c1-4-7(5-13)9-8(10)6(2)11-12(9)3/h5,7H,4H2,1-3H3. The Kier molecular flexibility index (Phi) is 3.25. The molecule has 1 heterocycles. The van der Waals surface area contributed by atoms with Crippen molar-refractivity contribution in [3.8, 4) is 0 Å². The van der Waals surface area contributed by atoms with Crippen LogP contribution in [0.3, 0.4) is 0 Å². The van der Waals surface area contributed by atoms with Crippen LogP contribution >= 0.6 is 15.9 Å². The molecule has 0 aliphatic heterocycles. The van der Waals surface area contributed by atoms with Crippen molar-refractivity contribution in [3.63, 3.8) is 0 Å². The minimum absolute atomic E-state index is 0.0550. The lowest BCUT2D eigenvalue weighted by atomic mass is 10.0. The Bertz CT molecular complexity index is 320. The average molecular weight is 245 g/mol. The highest BCUT2D eigenvalue weighted by molar-refractivity contribution is 9.10.